The molecule has 6 heteroatoms. The van der Waals surface area contributed by atoms with E-state index in [1.165, 1.54) is 0 Å². The fraction of sp³-hybridized carbons (Fsp3) is 0.733. The summed E-state index contributed by atoms with van der Waals surface area (Å²) < 4.78 is 0. The maximum Gasteiger partial charge on any atom is 0.274 e. The lowest BCUT2D eigenvalue weighted by atomic mass is 9.86. The molecule has 0 spiro atoms. The topological polar surface area (TPSA) is 61.0 Å². The van der Waals surface area contributed by atoms with Gasteiger partial charge in [0.05, 0.1) is 0 Å². The number of hydrogen-bond acceptors (Lipinski definition) is 3. The normalized spacial score (nSPS) is 19.3. The fourth-order valence-corrected chi connectivity index (χ4v) is 3.32. The second-order valence-corrected chi connectivity index (χ2v) is 6.33. The Bertz CT molecular complexity index is 492. The predicted molar refractivity (Wildman–Crippen MR) is 84.7 cm³/mol. The summed E-state index contributed by atoms with van der Waals surface area (Å²) in [5.41, 5.74) is 2.84. The molecule has 1 amide bonds. The Kier molecular flexibility index (Phi) is 5.27. The minimum atomic E-state index is 0. The number of carbonyl (C=O) groups is 1. The second-order valence-electron chi connectivity index (χ2n) is 6.33. The van der Waals surface area contributed by atoms with Crippen LogP contribution in [0.25, 0.3) is 0 Å². The minimum Gasteiger partial charge on any atom is -0.337 e. The Morgan fingerprint density at radius 2 is 2.05 bits per heavy atom. The lowest BCUT2D eigenvalue weighted by Gasteiger charge is -2.33. The molecule has 2 N–H and O–H groups in total. The zero-order valence-corrected chi connectivity index (χ0v) is 13.6. The molecule has 0 unspecified atom stereocenters. The van der Waals surface area contributed by atoms with Gasteiger partial charge in [0.2, 0.25) is 0 Å². The van der Waals surface area contributed by atoms with Crippen LogP contribution in [0.15, 0.2) is 0 Å². The Labute approximate surface area is 132 Å². The largest absolute Gasteiger partial charge is 0.337 e. The van der Waals surface area contributed by atoms with Gasteiger partial charge in [-0.15, -0.1) is 12.4 Å². The summed E-state index contributed by atoms with van der Waals surface area (Å²) in [7, 11) is 0. The van der Waals surface area contributed by atoms with Gasteiger partial charge in [-0.2, -0.15) is 5.10 Å². The number of halogens is 1. The molecule has 1 aromatic rings. The van der Waals surface area contributed by atoms with E-state index < -0.39 is 0 Å². The standard InChI is InChI=1S/C15H24N4O.ClH/c1-10(2)11-4-7-19(8-5-11)15(20)14-12-9-16-6-3-13(12)17-18-14;/h10-11,16H,3-9H2,1-2H3,(H,17,18);1H. The Morgan fingerprint density at radius 1 is 1.33 bits per heavy atom. The summed E-state index contributed by atoms with van der Waals surface area (Å²) >= 11 is 0. The minimum absolute atomic E-state index is 0. The number of aromatic nitrogens is 2. The van der Waals surface area contributed by atoms with Crippen molar-refractivity contribution in [2.24, 2.45) is 11.8 Å². The number of amides is 1. The van der Waals surface area contributed by atoms with E-state index in [2.05, 4.69) is 29.4 Å². The van der Waals surface area contributed by atoms with Gasteiger partial charge in [-0.3, -0.25) is 9.89 Å². The van der Waals surface area contributed by atoms with Gasteiger partial charge in [-0.1, -0.05) is 13.8 Å². The lowest BCUT2D eigenvalue weighted by Crippen LogP contribution is -2.40. The second kappa shape index (κ2) is 6.79. The molecule has 0 saturated carbocycles. The zero-order chi connectivity index (χ0) is 14.1. The van der Waals surface area contributed by atoms with E-state index in [0.29, 0.717) is 5.69 Å². The van der Waals surface area contributed by atoms with E-state index in [-0.39, 0.29) is 18.3 Å². The molecule has 3 heterocycles. The van der Waals surface area contributed by atoms with Crippen LogP contribution in [0.1, 0.15) is 48.4 Å². The molecule has 2 aliphatic rings. The first-order valence-electron chi connectivity index (χ1n) is 7.73. The van der Waals surface area contributed by atoms with E-state index in [0.717, 1.165) is 68.5 Å². The van der Waals surface area contributed by atoms with Gasteiger partial charge in [0.25, 0.3) is 5.91 Å². The molecule has 3 rings (SSSR count). The van der Waals surface area contributed by atoms with Crippen molar-refractivity contribution in [1.82, 2.24) is 20.4 Å². The molecule has 5 nitrogen and oxygen atoms in total. The van der Waals surface area contributed by atoms with Crippen LogP contribution in [0, 0.1) is 11.8 Å². The quantitative estimate of drug-likeness (QED) is 0.878. The van der Waals surface area contributed by atoms with E-state index in [1.54, 1.807) is 0 Å². The highest BCUT2D eigenvalue weighted by molar-refractivity contribution is 5.94. The number of H-pyrrole nitrogens is 1. The first-order valence-corrected chi connectivity index (χ1v) is 7.73. The molecule has 21 heavy (non-hydrogen) atoms. The molecule has 0 bridgehead atoms. The lowest BCUT2D eigenvalue weighted by molar-refractivity contribution is 0.0660. The van der Waals surface area contributed by atoms with Gasteiger partial charge >= 0.3 is 0 Å². The van der Waals surface area contributed by atoms with Gasteiger partial charge in [0.1, 0.15) is 0 Å². The van der Waals surface area contributed by atoms with Gasteiger partial charge in [-0.25, -0.2) is 0 Å². The maximum atomic E-state index is 12.6. The highest BCUT2D eigenvalue weighted by Crippen LogP contribution is 2.26. The van der Waals surface area contributed by atoms with Crippen molar-refractivity contribution in [3.05, 3.63) is 17.0 Å². The molecule has 0 radical (unpaired) electrons. The van der Waals surface area contributed by atoms with Gasteiger partial charge in [0.15, 0.2) is 5.69 Å². The first kappa shape index (κ1) is 16.3. The van der Waals surface area contributed by atoms with Crippen molar-refractivity contribution < 1.29 is 4.79 Å². The number of nitrogens with zero attached hydrogens (tertiary/aromatic N) is 2. The number of likely N-dealkylation sites (tertiary alicyclic amines) is 1. The third kappa shape index (κ3) is 3.24. The molecule has 0 aliphatic carbocycles. The zero-order valence-electron chi connectivity index (χ0n) is 12.8. The Hall–Kier alpha value is -1.07. The summed E-state index contributed by atoms with van der Waals surface area (Å²) in [5.74, 6) is 1.58. The van der Waals surface area contributed by atoms with Crippen LogP contribution in [0.4, 0.5) is 0 Å². The predicted octanol–water partition coefficient (Wildman–Crippen LogP) is 1.99. The monoisotopic (exact) mass is 312 g/mol. The smallest absolute Gasteiger partial charge is 0.274 e. The number of hydrogen-bond donors (Lipinski definition) is 2. The van der Waals surface area contributed by atoms with E-state index in [9.17, 15) is 4.79 Å². The van der Waals surface area contributed by atoms with E-state index in [1.807, 2.05) is 4.90 Å². The van der Waals surface area contributed by atoms with Crippen LogP contribution < -0.4 is 5.32 Å². The first-order chi connectivity index (χ1) is 9.66. The van der Waals surface area contributed by atoms with Crippen molar-refractivity contribution in [2.75, 3.05) is 19.6 Å². The fourth-order valence-electron chi connectivity index (χ4n) is 3.32. The van der Waals surface area contributed by atoms with Crippen molar-refractivity contribution in [3.63, 3.8) is 0 Å². The van der Waals surface area contributed by atoms with Gasteiger partial charge < -0.3 is 10.2 Å². The molecule has 1 aromatic heterocycles. The molecular weight excluding hydrogens is 288 g/mol. The number of nitrogens with one attached hydrogen (secondary N) is 2. The summed E-state index contributed by atoms with van der Waals surface area (Å²) in [4.78, 5) is 14.6. The molecule has 2 aliphatic heterocycles. The highest BCUT2D eigenvalue weighted by Gasteiger charge is 2.29. The van der Waals surface area contributed by atoms with E-state index >= 15 is 0 Å². The molecular formula is C15H25ClN4O. The summed E-state index contributed by atoms with van der Waals surface area (Å²) in [6.07, 6.45) is 3.17. The Balaban J connectivity index is 0.00000161. The van der Waals surface area contributed by atoms with Crippen LogP contribution in [0.3, 0.4) is 0 Å². The average Bonchev–Trinajstić information content (AvgIpc) is 2.90. The number of piperidine rings is 1. The number of carbonyl (C=O) groups excluding carboxylic acids is 1. The third-order valence-electron chi connectivity index (χ3n) is 4.78. The SMILES string of the molecule is CC(C)C1CCN(C(=O)c2n[nH]c3c2CNCC3)CC1.Cl. The van der Waals surface area contributed by atoms with Crippen LogP contribution in [-0.2, 0) is 13.0 Å². The van der Waals surface area contributed by atoms with Crippen LogP contribution in [0.5, 0.6) is 0 Å². The summed E-state index contributed by atoms with van der Waals surface area (Å²) in [6, 6.07) is 0. The number of fused-ring (bicyclic) bond motifs is 1. The highest BCUT2D eigenvalue weighted by atomic mass is 35.5. The molecule has 1 fully saturated rings. The third-order valence-corrected chi connectivity index (χ3v) is 4.78. The Morgan fingerprint density at radius 3 is 2.71 bits per heavy atom. The maximum absolute atomic E-state index is 12.6. The molecule has 0 atom stereocenters. The number of aromatic amines is 1. The van der Waals surface area contributed by atoms with Crippen LogP contribution >= 0.6 is 12.4 Å². The van der Waals surface area contributed by atoms with Crippen molar-refractivity contribution >= 4 is 18.3 Å². The van der Waals surface area contributed by atoms with Crippen molar-refractivity contribution in [2.45, 2.75) is 39.7 Å². The number of rotatable bonds is 2. The average molecular weight is 313 g/mol. The van der Waals surface area contributed by atoms with Crippen LogP contribution in [0.2, 0.25) is 0 Å². The summed E-state index contributed by atoms with van der Waals surface area (Å²) in [6.45, 7) is 8.02. The summed E-state index contributed by atoms with van der Waals surface area (Å²) in [5, 5.41) is 10.6. The molecule has 0 aromatic carbocycles. The van der Waals surface area contributed by atoms with E-state index in [4.69, 9.17) is 0 Å². The van der Waals surface area contributed by atoms with Gasteiger partial charge in [0, 0.05) is 43.9 Å². The van der Waals surface area contributed by atoms with Crippen molar-refractivity contribution in [3.8, 4) is 0 Å². The van der Waals surface area contributed by atoms with Crippen molar-refractivity contribution in [1.29, 1.82) is 0 Å². The van der Waals surface area contributed by atoms with Gasteiger partial charge in [-0.05, 0) is 24.7 Å². The molecule has 118 valence electrons. The molecule has 1 saturated heterocycles. The van der Waals surface area contributed by atoms with Crippen LogP contribution in [-0.4, -0.2) is 40.6 Å².